The van der Waals surface area contributed by atoms with Crippen LogP contribution in [-0.2, 0) is 11.8 Å². The first-order chi connectivity index (χ1) is 9.61. The van der Waals surface area contributed by atoms with Gasteiger partial charge in [-0.15, -0.1) is 0 Å². The number of amides is 3. The monoisotopic (exact) mass is 270 g/mol. The zero-order valence-corrected chi connectivity index (χ0v) is 11.2. The first-order valence-electron chi connectivity index (χ1n) is 6.01. The quantitative estimate of drug-likeness (QED) is 0.622. The van der Waals surface area contributed by atoms with Gasteiger partial charge in [0.2, 0.25) is 6.41 Å². The number of imide groups is 1. The number of carbonyl (C=O) groups excluding carboxylic acids is 2. The van der Waals surface area contributed by atoms with E-state index in [1.165, 1.54) is 0 Å². The van der Waals surface area contributed by atoms with Crippen molar-refractivity contribution >= 4 is 23.3 Å². The van der Waals surface area contributed by atoms with Gasteiger partial charge in [-0.1, -0.05) is 11.8 Å². The van der Waals surface area contributed by atoms with Gasteiger partial charge in [-0.05, 0) is 24.6 Å². The zero-order valence-electron chi connectivity index (χ0n) is 11.2. The second-order valence-electron chi connectivity index (χ2n) is 4.25. The van der Waals surface area contributed by atoms with Gasteiger partial charge in [0.25, 0.3) is 0 Å². The first-order valence-corrected chi connectivity index (χ1v) is 6.01. The topological polar surface area (TPSA) is 76.0 Å². The van der Waals surface area contributed by atoms with Crippen LogP contribution in [-0.4, -0.2) is 28.8 Å². The summed E-state index contributed by atoms with van der Waals surface area (Å²) in [5.74, 6) is 5.79. The van der Waals surface area contributed by atoms with Crippen LogP contribution in [0.1, 0.15) is 11.1 Å². The van der Waals surface area contributed by atoms with Crippen LogP contribution in [0.3, 0.4) is 0 Å². The summed E-state index contributed by atoms with van der Waals surface area (Å²) in [5, 5.41) is 9.65. The van der Waals surface area contributed by atoms with Crippen molar-refractivity contribution in [3.63, 3.8) is 0 Å². The summed E-state index contributed by atoms with van der Waals surface area (Å²) in [6, 6.07) is 3.37. The van der Waals surface area contributed by atoms with Crippen LogP contribution in [0.5, 0.6) is 0 Å². The van der Waals surface area contributed by atoms with Crippen LogP contribution in [0, 0.1) is 18.8 Å². The van der Waals surface area contributed by atoms with Crippen molar-refractivity contribution < 1.29 is 9.59 Å². The van der Waals surface area contributed by atoms with E-state index in [-0.39, 0.29) is 6.54 Å². The Kier molecular flexibility index (Phi) is 4.01. The lowest BCUT2D eigenvalue weighted by molar-refractivity contribution is -0.108. The molecule has 1 aromatic heterocycles. The highest BCUT2D eigenvalue weighted by atomic mass is 16.2. The van der Waals surface area contributed by atoms with Gasteiger partial charge in [-0.25, -0.2) is 4.79 Å². The van der Waals surface area contributed by atoms with Crippen LogP contribution in [0.2, 0.25) is 0 Å². The second kappa shape index (κ2) is 5.89. The molecule has 102 valence electrons. The van der Waals surface area contributed by atoms with E-state index in [1.54, 1.807) is 6.20 Å². The third-order valence-corrected chi connectivity index (χ3v) is 2.78. The Hall–Kier alpha value is -2.81. The summed E-state index contributed by atoms with van der Waals surface area (Å²) in [7, 11) is 1.90. The third-order valence-electron chi connectivity index (χ3n) is 2.78. The molecule has 1 aromatic carbocycles. The van der Waals surface area contributed by atoms with Crippen molar-refractivity contribution in [1.29, 1.82) is 0 Å². The number of urea groups is 1. The summed E-state index contributed by atoms with van der Waals surface area (Å²) in [6.07, 6.45) is 2.12. The normalized spacial score (nSPS) is 9.70. The molecule has 2 N–H and O–H groups in total. The molecule has 1 heterocycles. The van der Waals surface area contributed by atoms with E-state index in [2.05, 4.69) is 22.3 Å². The van der Waals surface area contributed by atoms with Gasteiger partial charge in [0.15, 0.2) is 0 Å². The smallest absolute Gasteiger partial charge is 0.321 e. The molecule has 0 radical (unpaired) electrons. The van der Waals surface area contributed by atoms with Crippen molar-refractivity contribution in [2.24, 2.45) is 7.05 Å². The first kappa shape index (κ1) is 13.6. The lowest BCUT2D eigenvalue weighted by atomic mass is 10.1. The van der Waals surface area contributed by atoms with E-state index in [4.69, 9.17) is 0 Å². The Morgan fingerprint density at radius 2 is 2.30 bits per heavy atom. The largest absolute Gasteiger partial charge is 0.327 e. The minimum absolute atomic E-state index is 0.170. The molecule has 2 rings (SSSR count). The highest BCUT2D eigenvalue weighted by molar-refractivity contribution is 5.84. The van der Waals surface area contributed by atoms with E-state index < -0.39 is 6.03 Å². The Morgan fingerprint density at radius 3 is 3.05 bits per heavy atom. The third kappa shape index (κ3) is 2.95. The Morgan fingerprint density at radius 1 is 1.50 bits per heavy atom. The van der Waals surface area contributed by atoms with Gasteiger partial charge >= 0.3 is 6.03 Å². The summed E-state index contributed by atoms with van der Waals surface area (Å²) < 4.78 is 1.83. The van der Waals surface area contributed by atoms with Crippen LogP contribution < -0.4 is 10.6 Å². The van der Waals surface area contributed by atoms with Crippen molar-refractivity contribution in [3.05, 3.63) is 29.5 Å². The minimum atomic E-state index is -0.562. The average Bonchev–Trinajstić information content (AvgIpc) is 2.77. The number of carbonyl (C=O) groups is 2. The van der Waals surface area contributed by atoms with Gasteiger partial charge in [0.05, 0.1) is 18.3 Å². The average molecular weight is 270 g/mol. The molecule has 6 heteroatoms. The van der Waals surface area contributed by atoms with E-state index in [1.807, 2.05) is 36.1 Å². The molecule has 0 aliphatic heterocycles. The molecule has 0 saturated carbocycles. The highest BCUT2D eigenvalue weighted by Crippen LogP contribution is 2.19. The van der Waals surface area contributed by atoms with E-state index >= 15 is 0 Å². The maximum absolute atomic E-state index is 11.0. The summed E-state index contributed by atoms with van der Waals surface area (Å²) in [5.41, 5.74) is 3.04. The number of nitrogens with zero attached hydrogens (tertiary/aromatic N) is 2. The lowest BCUT2D eigenvalue weighted by Crippen LogP contribution is -2.34. The van der Waals surface area contributed by atoms with Crippen molar-refractivity contribution in [1.82, 2.24) is 20.4 Å². The zero-order chi connectivity index (χ0) is 14.5. The second-order valence-corrected chi connectivity index (χ2v) is 4.25. The standard InChI is InChI=1S/C14H14N4O2/c1-10-6-11(4-3-5-15-14(20)16-9-19)7-12-8-17-18(2)13(10)12/h6-9H,5H2,1-2H3,(H2,15,16,19,20). The maximum atomic E-state index is 11.0. The Bertz CT molecular complexity index is 722. The van der Waals surface area contributed by atoms with Gasteiger partial charge in [-0.2, -0.15) is 5.10 Å². The molecule has 0 bridgehead atoms. The number of hydrogen-bond acceptors (Lipinski definition) is 3. The molecule has 20 heavy (non-hydrogen) atoms. The van der Waals surface area contributed by atoms with E-state index in [9.17, 15) is 9.59 Å². The molecule has 0 spiro atoms. The fourth-order valence-electron chi connectivity index (χ4n) is 2.00. The number of aromatic nitrogens is 2. The maximum Gasteiger partial charge on any atom is 0.321 e. The molecule has 0 aliphatic rings. The molecular weight excluding hydrogens is 256 g/mol. The van der Waals surface area contributed by atoms with Gasteiger partial charge in [-0.3, -0.25) is 14.8 Å². The van der Waals surface area contributed by atoms with E-state index in [0.717, 1.165) is 22.0 Å². The fourth-order valence-corrected chi connectivity index (χ4v) is 2.00. The molecule has 0 unspecified atom stereocenters. The molecule has 0 fully saturated rings. The molecule has 0 saturated heterocycles. The predicted molar refractivity (Wildman–Crippen MR) is 74.9 cm³/mol. The molecular formula is C14H14N4O2. The number of hydrogen-bond donors (Lipinski definition) is 2. The molecule has 2 aromatic rings. The SMILES string of the molecule is Cc1cc(C#CCNC(=O)NC=O)cc2cnn(C)c12. The number of aryl methyl sites for hydroxylation is 2. The molecule has 6 nitrogen and oxygen atoms in total. The molecule has 0 atom stereocenters. The van der Waals surface area contributed by atoms with Gasteiger partial charge < -0.3 is 5.32 Å². The summed E-state index contributed by atoms with van der Waals surface area (Å²) in [4.78, 5) is 21.0. The molecule has 3 amide bonds. The van der Waals surface area contributed by atoms with Gasteiger partial charge in [0, 0.05) is 18.0 Å². The number of fused-ring (bicyclic) bond motifs is 1. The Balaban J connectivity index is 2.11. The van der Waals surface area contributed by atoms with E-state index in [0.29, 0.717) is 6.41 Å². The van der Waals surface area contributed by atoms with Crippen LogP contribution in [0.25, 0.3) is 10.9 Å². The van der Waals surface area contributed by atoms with Crippen molar-refractivity contribution in [3.8, 4) is 11.8 Å². The number of benzene rings is 1. The summed E-state index contributed by atoms with van der Waals surface area (Å²) in [6.45, 7) is 2.18. The van der Waals surface area contributed by atoms with Crippen LogP contribution >= 0.6 is 0 Å². The van der Waals surface area contributed by atoms with Crippen molar-refractivity contribution in [2.45, 2.75) is 6.92 Å². The molecule has 0 aliphatic carbocycles. The summed E-state index contributed by atoms with van der Waals surface area (Å²) >= 11 is 0. The predicted octanol–water partition coefficient (Wildman–Crippen LogP) is 0.689. The number of nitrogens with one attached hydrogen (secondary N) is 2. The van der Waals surface area contributed by atoms with Gasteiger partial charge in [0.1, 0.15) is 0 Å². The highest BCUT2D eigenvalue weighted by Gasteiger charge is 2.03. The van der Waals surface area contributed by atoms with Crippen LogP contribution in [0.4, 0.5) is 4.79 Å². The fraction of sp³-hybridized carbons (Fsp3) is 0.214. The number of rotatable bonds is 2. The lowest BCUT2D eigenvalue weighted by Gasteiger charge is -2.00. The van der Waals surface area contributed by atoms with Crippen LogP contribution in [0.15, 0.2) is 18.3 Å². The Labute approximate surface area is 116 Å². The minimum Gasteiger partial charge on any atom is -0.327 e. The van der Waals surface area contributed by atoms with Crippen molar-refractivity contribution in [2.75, 3.05) is 6.54 Å².